The minimum atomic E-state index is -0.196. The molecular weight excluding hydrogens is 260 g/mol. The molecule has 2 heterocycles. The maximum atomic E-state index is 12.3. The van der Waals surface area contributed by atoms with Crippen molar-refractivity contribution in [2.75, 3.05) is 0 Å². The van der Waals surface area contributed by atoms with Gasteiger partial charge in [-0.1, -0.05) is 29.8 Å². The molecule has 0 saturated heterocycles. The summed E-state index contributed by atoms with van der Waals surface area (Å²) in [7, 11) is 0. The number of pyridine rings is 2. The van der Waals surface area contributed by atoms with Gasteiger partial charge in [-0.25, -0.2) is 0 Å². The van der Waals surface area contributed by atoms with Crippen LogP contribution in [-0.2, 0) is 0 Å². The Hall–Kier alpha value is -2.26. The Labute approximate surface area is 114 Å². The van der Waals surface area contributed by atoms with Crippen LogP contribution < -0.4 is 0 Å². The van der Waals surface area contributed by atoms with Gasteiger partial charge in [-0.3, -0.25) is 14.8 Å². The molecule has 2 aromatic heterocycles. The van der Waals surface area contributed by atoms with Crippen LogP contribution in [0.5, 0.6) is 0 Å². The SMILES string of the molecule is O=C(c1ccc2cccnc2c1)c1ncccc1Cl. The molecule has 0 N–H and O–H groups in total. The average Bonchev–Trinajstić information content (AvgIpc) is 2.46. The van der Waals surface area contributed by atoms with E-state index in [1.807, 2.05) is 18.2 Å². The third-order valence-electron chi connectivity index (χ3n) is 2.84. The van der Waals surface area contributed by atoms with Crippen LogP contribution in [0.4, 0.5) is 0 Å². The zero-order valence-electron chi connectivity index (χ0n) is 9.88. The molecule has 92 valence electrons. The molecule has 3 rings (SSSR count). The van der Waals surface area contributed by atoms with Crippen LogP contribution >= 0.6 is 11.6 Å². The molecule has 0 aliphatic heterocycles. The molecule has 0 amide bonds. The fourth-order valence-electron chi connectivity index (χ4n) is 1.90. The van der Waals surface area contributed by atoms with Crippen molar-refractivity contribution in [3.05, 3.63) is 71.1 Å². The van der Waals surface area contributed by atoms with Gasteiger partial charge in [0.25, 0.3) is 0 Å². The van der Waals surface area contributed by atoms with E-state index in [2.05, 4.69) is 9.97 Å². The van der Waals surface area contributed by atoms with Gasteiger partial charge < -0.3 is 0 Å². The Morgan fingerprint density at radius 1 is 1.00 bits per heavy atom. The first-order valence-electron chi connectivity index (χ1n) is 5.76. The summed E-state index contributed by atoms with van der Waals surface area (Å²) in [4.78, 5) is 20.6. The average molecular weight is 269 g/mol. The summed E-state index contributed by atoms with van der Waals surface area (Å²) in [6.45, 7) is 0. The fraction of sp³-hybridized carbons (Fsp3) is 0. The number of hydrogen-bond donors (Lipinski definition) is 0. The molecule has 0 spiro atoms. The van der Waals surface area contributed by atoms with Crippen LogP contribution in [0.15, 0.2) is 54.9 Å². The number of nitrogens with zero attached hydrogens (tertiary/aromatic N) is 2. The van der Waals surface area contributed by atoms with E-state index >= 15 is 0 Å². The van der Waals surface area contributed by atoms with Crippen molar-refractivity contribution in [3.8, 4) is 0 Å². The first kappa shape index (κ1) is 11.8. The first-order chi connectivity index (χ1) is 9.25. The van der Waals surface area contributed by atoms with Crippen molar-refractivity contribution in [2.45, 2.75) is 0 Å². The van der Waals surface area contributed by atoms with Crippen LogP contribution in [0.25, 0.3) is 10.9 Å². The number of halogens is 1. The van der Waals surface area contributed by atoms with Gasteiger partial charge in [-0.05, 0) is 24.3 Å². The Bertz CT molecular complexity index is 771. The highest BCUT2D eigenvalue weighted by Crippen LogP contribution is 2.19. The molecule has 3 aromatic rings. The topological polar surface area (TPSA) is 42.9 Å². The molecule has 19 heavy (non-hydrogen) atoms. The number of fused-ring (bicyclic) bond motifs is 1. The highest BCUT2D eigenvalue weighted by molar-refractivity contribution is 6.34. The molecule has 4 heteroatoms. The maximum absolute atomic E-state index is 12.3. The number of carbonyl (C=O) groups is 1. The van der Waals surface area contributed by atoms with Gasteiger partial charge in [-0.2, -0.15) is 0 Å². The Kier molecular flexibility index (Phi) is 2.97. The van der Waals surface area contributed by atoms with Gasteiger partial charge in [0.05, 0.1) is 10.5 Å². The lowest BCUT2D eigenvalue weighted by Crippen LogP contribution is -2.04. The van der Waals surface area contributed by atoms with E-state index in [0.717, 1.165) is 10.9 Å². The molecule has 0 aliphatic carbocycles. The minimum absolute atomic E-state index is 0.196. The van der Waals surface area contributed by atoms with Gasteiger partial charge >= 0.3 is 0 Å². The standard InChI is InChI=1S/C15H9ClN2O/c16-12-4-2-8-18-14(12)15(19)11-6-5-10-3-1-7-17-13(10)9-11/h1-9H. The summed E-state index contributed by atoms with van der Waals surface area (Å²) in [5, 5.41) is 1.35. The van der Waals surface area contributed by atoms with E-state index in [9.17, 15) is 4.79 Å². The largest absolute Gasteiger partial charge is 0.287 e. The lowest BCUT2D eigenvalue weighted by Gasteiger charge is -2.03. The fourth-order valence-corrected chi connectivity index (χ4v) is 2.10. The van der Waals surface area contributed by atoms with Crippen molar-refractivity contribution in [2.24, 2.45) is 0 Å². The van der Waals surface area contributed by atoms with Crippen LogP contribution in [0.2, 0.25) is 5.02 Å². The molecule has 0 saturated carbocycles. The predicted octanol–water partition coefficient (Wildman–Crippen LogP) is 3.51. The first-order valence-corrected chi connectivity index (χ1v) is 6.13. The second-order valence-electron chi connectivity index (χ2n) is 4.07. The molecule has 0 atom stereocenters. The number of hydrogen-bond acceptors (Lipinski definition) is 3. The minimum Gasteiger partial charge on any atom is -0.287 e. The smallest absolute Gasteiger partial charge is 0.212 e. The van der Waals surface area contributed by atoms with Crippen LogP contribution in [-0.4, -0.2) is 15.8 Å². The van der Waals surface area contributed by atoms with Crippen molar-refractivity contribution >= 4 is 28.3 Å². The summed E-state index contributed by atoms with van der Waals surface area (Å²) in [5.74, 6) is -0.196. The summed E-state index contributed by atoms with van der Waals surface area (Å²) in [6, 6.07) is 12.5. The number of aromatic nitrogens is 2. The lowest BCUT2D eigenvalue weighted by atomic mass is 10.1. The van der Waals surface area contributed by atoms with Crippen molar-refractivity contribution in [1.82, 2.24) is 9.97 Å². The molecular formula is C15H9ClN2O. The van der Waals surface area contributed by atoms with Crippen molar-refractivity contribution in [1.29, 1.82) is 0 Å². The number of rotatable bonds is 2. The second kappa shape index (κ2) is 4.78. The lowest BCUT2D eigenvalue weighted by molar-refractivity contribution is 0.103. The monoisotopic (exact) mass is 268 g/mol. The Morgan fingerprint density at radius 2 is 1.79 bits per heavy atom. The molecule has 0 aliphatic rings. The van der Waals surface area contributed by atoms with E-state index < -0.39 is 0 Å². The zero-order valence-corrected chi connectivity index (χ0v) is 10.6. The third kappa shape index (κ3) is 2.20. The Morgan fingerprint density at radius 3 is 2.63 bits per heavy atom. The van der Waals surface area contributed by atoms with Crippen molar-refractivity contribution in [3.63, 3.8) is 0 Å². The van der Waals surface area contributed by atoms with Gasteiger partial charge in [0, 0.05) is 23.3 Å². The van der Waals surface area contributed by atoms with E-state index in [-0.39, 0.29) is 11.5 Å². The normalized spacial score (nSPS) is 10.6. The van der Waals surface area contributed by atoms with Gasteiger partial charge in [-0.15, -0.1) is 0 Å². The van der Waals surface area contributed by atoms with E-state index in [1.165, 1.54) is 0 Å². The van der Waals surface area contributed by atoms with E-state index in [0.29, 0.717) is 10.6 Å². The number of ketones is 1. The summed E-state index contributed by atoms with van der Waals surface area (Å²) >= 11 is 5.99. The maximum Gasteiger partial charge on any atom is 0.212 e. The van der Waals surface area contributed by atoms with Crippen molar-refractivity contribution < 1.29 is 4.79 Å². The molecule has 0 unspecified atom stereocenters. The van der Waals surface area contributed by atoms with Gasteiger partial charge in [0.2, 0.25) is 5.78 Å². The van der Waals surface area contributed by atoms with Crippen LogP contribution in [0.1, 0.15) is 16.1 Å². The summed E-state index contributed by atoms with van der Waals surface area (Å²) in [5.41, 5.74) is 1.58. The molecule has 0 bridgehead atoms. The van der Waals surface area contributed by atoms with Gasteiger partial charge in [0.15, 0.2) is 0 Å². The third-order valence-corrected chi connectivity index (χ3v) is 3.15. The highest BCUT2D eigenvalue weighted by atomic mass is 35.5. The highest BCUT2D eigenvalue weighted by Gasteiger charge is 2.14. The Balaban J connectivity index is 2.09. The quantitative estimate of drug-likeness (QED) is 0.668. The van der Waals surface area contributed by atoms with E-state index in [1.54, 1.807) is 36.7 Å². The van der Waals surface area contributed by atoms with Crippen LogP contribution in [0, 0.1) is 0 Å². The molecule has 0 fully saturated rings. The van der Waals surface area contributed by atoms with E-state index in [4.69, 9.17) is 11.6 Å². The van der Waals surface area contributed by atoms with Crippen LogP contribution in [0.3, 0.4) is 0 Å². The summed E-state index contributed by atoms with van der Waals surface area (Å²) in [6.07, 6.45) is 3.25. The second-order valence-corrected chi connectivity index (χ2v) is 4.48. The summed E-state index contributed by atoms with van der Waals surface area (Å²) < 4.78 is 0. The van der Waals surface area contributed by atoms with Gasteiger partial charge in [0.1, 0.15) is 5.69 Å². The molecule has 0 radical (unpaired) electrons. The molecule has 1 aromatic carbocycles. The predicted molar refractivity (Wildman–Crippen MR) is 74.4 cm³/mol. The number of benzene rings is 1. The zero-order chi connectivity index (χ0) is 13.2. The number of carbonyl (C=O) groups excluding carboxylic acids is 1. The molecule has 3 nitrogen and oxygen atoms in total.